The highest BCUT2D eigenvalue weighted by atomic mass is 19.1. The summed E-state index contributed by atoms with van der Waals surface area (Å²) >= 11 is 0. The number of benzene rings is 1. The Morgan fingerprint density at radius 2 is 2.36 bits per heavy atom. The molecule has 0 saturated carbocycles. The summed E-state index contributed by atoms with van der Waals surface area (Å²) < 4.78 is 18.7. The van der Waals surface area contributed by atoms with Crippen LogP contribution in [0.2, 0.25) is 0 Å². The summed E-state index contributed by atoms with van der Waals surface area (Å²) in [4.78, 5) is 0. The summed E-state index contributed by atoms with van der Waals surface area (Å²) in [5.74, 6) is 0.125. The van der Waals surface area contributed by atoms with Gasteiger partial charge >= 0.3 is 0 Å². The van der Waals surface area contributed by atoms with Crippen molar-refractivity contribution in [2.75, 3.05) is 13.2 Å². The van der Waals surface area contributed by atoms with Crippen molar-refractivity contribution in [2.24, 2.45) is 11.1 Å². The fraction of sp³-hybridized carbons (Fsp3) is 0.455. The average Bonchev–Trinajstić information content (AvgIpc) is 2.18. The lowest BCUT2D eigenvalue weighted by molar-refractivity contribution is 0.138. The van der Waals surface area contributed by atoms with E-state index in [1.165, 1.54) is 6.07 Å². The predicted molar refractivity (Wildman–Crippen MR) is 52.8 cm³/mol. The van der Waals surface area contributed by atoms with Gasteiger partial charge in [0.15, 0.2) is 11.6 Å². The van der Waals surface area contributed by atoms with Crippen molar-refractivity contribution in [1.82, 2.24) is 0 Å². The zero-order chi connectivity index (χ0) is 10.2. The molecule has 3 heteroatoms. The number of para-hydroxylation sites is 1. The Bertz CT molecular complexity index is 353. The van der Waals surface area contributed by atoms with E-state index in [0.29, 0.717) is 18.9 Å². The molecule has 1 aromatic carbocycles. The quantitative estimate of drug-likeness (QED) is 0.740. The monoisotopic (exact) mass is 195 g/mol. The first-order valence-electron chi connectivity index (χ1n) is 4.75. The topological polar surface area (TPSA) is 35.2 Å². The van der Waals surface area contributed by atoms with Crippen LogP contribution in [0.5, 0.6) is 5.75 Å². The van der Waals surface area contributed by atoms with Crippen molar-refractivity contribution in [1.29, 1.82) is 0 Å². The van der Waals surface area contributed by atoms with E-state index in [-0.39, 0.29) is 11.2 Å². The zero-order valence-electron chi connectivity index (χ0n) is 8.22. The lowest BCUT2D eigenvalue weighted by Gasteiger charge is -2.33. The van der Waals surface area contributed by atoms with Crippen molar-refractivity contribution in [3.05, 3.63) is 29.6 Å². The van der Waals surface area contributed by atoms with Gasteiger partial charge in [0.2, 0.25) is 0 Å². The summed E-state index contributed by atoms with van der Waals surface area (Å²) in [6.07, 6.45) is 0.788. The van der Waals surface area contributed by atoms with Crippen molar-refractivity contribution >= 4 is 0 Å². The van der Waals surface area contributed by atoms with Crippen LogP contribution >= 0.6 is 0 Å². The van der Waals surface area contributed by atoms with E-state index in [1.807, 2.05) is 6.07 Å². The first-order valence-corrected chi connectivity index (χ1v) is 4.75. The van der Waals surface area contributed by atoms with E-state index >= 15 is 0 Å². The Hall–Kier alpha value is -1.09. The van der Waals surface area contributed by atoms with Crippen LogP contribution in [0.4, 0.5) is 4.39 Å². The Balaban J connectivity index is 2.36. The molecule has 0 bridgehead atoms. The SMILES string of the molecule is CC1(CN)COc2c(F)cccc2C1. The van der Waals surface area contributed by atoms with Crippen LogP contribution in [0.15, 0.2) is 18.2 Å². The normalized spacial score (nSPS) is 25.4. The second-order valence-electron chi connectivity index (χ2n) is 4.21. The number of nitrogens with two attached hydrogens (primary N) is 1. The van der Waals surface area contributed by atoms with Crippen LogP contribution in [-0.4, -0.2) is 13.2 Å². The largest absolute Gasteiger partial charge is 0.490 e. The van der Waals surface area contributed by atoms with Crippen LogP contribution in [-0.2, 0) is 6.42 Å². The molecule has 0 radical (unpaired) electrons. The maximum absolute atomic E-state index is 13.3. The molecule has 1 aliphatic heterocycles. The molecule has 0 aliphatic carbocycles. The Morgan fingerprint density at radius 3 is 3.07 bits per heavy atom. The zero-order valence-corrected chi connectivity index (χ0v) is 8.22. The highest BCUT2D eigenvalue weighted by Gasteiger charge is 2.31. The molecule has 1 aliphatic rings. The molecular formula is C11H14FNO. The van der Waals surface area contributed by atoms with Gasteiger partial charge in [-0.15, -0.1) is 0 Å². The third-order valence-corrected chi connectivity index (χ3v) is 2.72. The van der Waals surface area contributed by atoms with Crippen LogP contribution in [0, 0.1) is 11.2 Å². The van der Waals surface area contributed by atoms with Gasteiger partial charge in [-0.1, -0.05) is 19.1 Å². The third-order valence-electron chi connectivity index (χ3n) is 2.72. The standard InChI is InChI=1S/C11H14FNO/c1-11(6-13)5-8-3-2-4-9(12)10(8)14-7-11/h2-4H,5-7,13H2,1H3. The summed E-state index contributed by atoms with van der Waals surface area (Å²) in [5.41, 5.74) is 6.52. The van der Waals surface area contributed by atoms with Crippen molar-refractivity contribution in [3.8, 4) is 5.75 Å². The second kappa shape index (κ2) is 3.24. The van der Waals surface area contributed by atoms with Gasteiger partial charge in [-0.3, -0.25) is 0 Å². The molecule has 2 nitrogen and oxygen atoms in total. The molecule has 76 valence electrons. The van der Waals surface area contributed by atoms with Crippen molar-refractivity contribution < 1.29 is 9.13 Å². The Kier molecular flexibility index (Phi) is 2.19. The first kappa shape index (κ1) is 9.46. The molecular weight excluding hydrogens is 181 g/mol. The third kappa shape index (κ3) is 1.48. The van der Waals surface area contributed by atoms with Gasteiger partial charge < -0.3 is 10.5 Å². The van der Waals surface area contributed by atoms with E-state index < -0.39 is 0 Å². The number of rotatable bonds is 1. The summed E-state index contributed by atoms with van der Waals surface area (Å²) in [6.45, 7) is 3.11. The fourth-order valence-electron chi connectivity index (χ4n) is 1.74. The molecule has 1 aromatic rings. The van der Waals surface area contributed by atoms with E-state index in [0.717, 1.165) is 12.0 Å². The van der Waals surface area contributed by atoms with Crippen LogP contribution in [0.3, 0.4) is 0 Å². The van der Waals surface area contributed by atoms with Crippen LogP contribution in [0.25, 0.3) is 0 Å². The van der Waals surface area contributed by atoms with E-state index in [4.69, 9.17) is 10.5 Å². The van der Waals surface area contributed by atoms with Crippen LogP contribution < -0.4 is 10.5 Å². The van der Waals surface area contributed by atoms with Gasteiger partial charge in [0.25, 0.3) is 0 Å². The maximum Gasteiger partial charge on any atom is 0.165 e. The fourth-order valence-corrected chi connectivity index (χ4v) is 1.74. The van der Waals surface area contributed by atoms with Gasteiger partial charge in [-0.2, -0.15) is 0 Å². The first-order chi connectivity index (χ1) is 6.64. The summed E-state index contributed by atoms with van der Waals surface area (Å²) in [7, 11) is 0. The molecule has 1 unspecified atom stereocenters. The molecule has 0 fully saturated rings. The number of hydrogen-bond acceptors (Lipinski definition) is 2. The number of hydrogen-bond donors (Lipinski definition) is 1. The molecule has 2 rings (SSSR count). The molecule has 0 aromatic heterocycles. The molecule has 0 spiro atoms. The van der Waals surface area contributed by atoms with Gasteiger partial charge in [0.05, 0.1) is 6.61 Å². The van der Waals surface area contributed by atoms with Crippen molar-refractivity contribution in [3.63, 3.8) is 0 Å². The molecule has 1 atom stereocenters. The highest BCUT2D eigenvalue weighted by Crippen LogP contribution is 2.35. The molecule has 0 amide bonds. The van der Waals surface area contributed by atoms with E-state index in [2.05, 4.69) is 6.92 Å². The Morgan fingerprint density at radius 1 is 1.57 bits per heavy atom. The minimum atomic E-state index is -0.276. The Labute approximate surface area is 82.9 Å². The molecule has 14 heavy (non-hydrogen) atoms. The summed E-state index contributed by atoms with van der Waals surface area (Å²) in [6, 6.07) is 5.02. The van der Waals surface area contributed by atoms with Gasteiger partial charge in [0, 0.05) is 12.0 Å². The van der Waals surface area contributed by atoms with E-state index in [9.17, 15) is 4.39 Å². The predicted octanol–water partition coefficient (Wildman–Crippen LogP) is 1.73. The molecule has 1 heterocycles. The summed E-state index contributed by atoms with van der Waals surface area (Å²) in [5, 5.41) is 0. The van der Waals surface area contributed by atoms with Crippen molar-refractivity contribution in [2.45, 2.75) is 13.3 Å². The smallest absolute Gasteiger partial charge is 0.165 e. The number of ether oxygens (including phenoxy) is 1. The average molecular weight is 195 g/mol. The molecule has 2 N–H and O–H groups in total. The lowest BCUT2D eigenvalue weighted by atomic mass is 9.82. The van der Waals surface area contributed by atoms with Crippen LogP contribution in [0.1, 0.15) is 12.5 Å². The minimum Gasteiger partial charge on any atom is -0.490 e. The lowest BCUT2D eigenvalue weighted by Crippen LogP contribution is -2.38. The number of halogens is 1. The van der Waals surface area contributed by atoms with Gasteiger partial charge in [-0.05, 0) is 18.1 Å². The van der Waals surface area contributed by atoms with E-state index in [1.54, 1.807) is 6.07 Å². The van der Waals surface area contributed by atoms with Gasteiger partial charge in [0.1, 0.15) is 0 Å². The van der Waals surface area contributed by atoms with Gasteiger partial charge in [-0.25, -0.2) is 4.39 Å². The maximum atomic E-state index is 13.3. The molecule has 0 saturated heterocycles. The highest BCUT2D eigenvalue weighted by molar-refractivity contribution is 5.37. The minimum absolute atomic E-state index is 0.0548. The second-order valence-corrected chi connectivity index (χ2v) is 4.21. The number of fused-ring (bicyclic) bond motifs is 1.